The molecule has 173 valence electrons. The molecule has 0 aliphatic carbocycles. The van der Waals surface area contributed by atoms with E-state index in [1.165, 1.54) is 5.56 Å². The van der Waals surface area contributed by atoms with Crippen molar-refractivity contribution in [1.29, 1.82) is 0 Å². The highest BCUT2D eigenvalue weighted by Gasteiger charge is 2.43. The van der Waals surface area contributed by atoms with Crippen LogP contribution in [0.4, 0.5) is 13.2 Å². The van der Waals surface area contributed by atoms with Gasteiger partial charge in [-0.2, -0.15) is 13.2 Å². The Balaban J connectivity index is 1.80. The van der Waals surface area contributed by atoms with Gasteiger partial charge < -0.3 is 9.26 Å². The lowest BCUT2D eigenvalue weighted by atomic mass is 9.87. The van der Waals surface area contributed by atoms with Gasteiger partial charge in [-0.1, -0.05) is 75.4 Å². The van der Waals surface area contributed by atoms with Crippen molar-refractivity contribution in [3.05, 3.63) is 60.2 Å². The summed E-state index contributed by atoms with van der Waals surface area (Å²) in [6.45, 7) is 6.84. The molecule has 4 nitrogen and oxygen atoms in total. The van der Waals surface area contributed by atoms with E-state index >= 15 is 0 Å². The molecule has 32 heavy (non-hydrogen) atoms. The molecule has 0 N–H and O–H groups in total. The molecule has 0 unspecified atom stereocenters. The number of nitrogens with zero attached hydrogens (tertiary/aromatic N) is 1. The number of carbonyl (C=O) groups is 1. The molecule has 0 aromatic heterocycles. The van der Waals surface area contributed by atoms with Crippen molar-refractivity contribution in [1.82, 2.24) is 5.06 Å². The molecule has 1 radical (unpaired) electrons. The van der Waals surface area contributed by atoms with Gasteiger partial charge in [0.1, 0.15) is 0 Å². The van der Waals surface area contributed by atoms with Crippen molar-refractivity contribution in [3.63, 3.8) is 0 Å². The Hall–Kier alpha value is -2.16. The molecule has 0 spiro atoms. The predicted octanol–water partition coefficient (Wildman–Crippen LogP) is 3.98. The zero-order valence-corrected chi connectivity index (χ0v) is 19.6. The van der Waals surface area contributed by atoms with Crippen LogP contribution < -0.4 is 10.4 Å². The molecule has 0 amide bonds. The van der Waals surface area contributed by atoms with E-state index in [4.69, 9.17) is 4.43 Å². The average Bonchev–Trinajstić information content (AvgIpc) is 2.96. The zero-order valence-electron chi connectivity index (χ0n) is 18.6. The summed E-state index contributed by atoms with van der Waals surface area (Å²) < 4.78 is 44.5. The number of hydroxylamine groups is 2. The summed E-state index contributed by atoms with van der Waals surface area (Å²) in [6, 6.07) is 18.3. The first kappa shape index (κ1) is 24.5. The van der Waals surface area contributed by atoms with Crippen molar-refractivity contribution < 1.29 is 27.2 Å². The van der Waals surface area contributed by atoms with E-state index < -0.39 is 21.2 Å². The van der Waals surface area contributed by atoms with Crippen LogP contribution in [0.25, 0.3) is 0 Å². The van der Waals surface area contributed by atoms with Gasteiger partial charge in [-0.25, -0.2) is 4.79 Å². The third-order valence-electron chi connectivity index (χ3n) is 5.37. The van der Waals surface area contributed by atoms with E-state index in [0.717, 1.165) is 21.9 Å². The maximum absolute atomic E-state index is 12.6. The fourth-order valence-electron chi connectivity index (χ4n) is 3.60. The first-order chi connectivity index (χ1) is 15.0. The monoisotopic (exact) mass is 464 g/mol. The molecule has 1 aliphatic heterocycles. The van der Waals surface area contributed by atoms with Gasteiger partial charge >= 0.3 is 12.1 Å². The molecule has 8 heteroatoms. The third kappa shape index (κ3) is 6.67. The minimum atomic E-state index is -5.02. The topological polar surface area (TPSA) is 38.8 Å². The van der Waals surface area contributed by atoms with Crippen LogP contribution in [0.1, 0.15) is 45.6 Å². The molecular weight excluding hydrogens is 435 g/mol. The van der Waals surface area contributed by atoms with Crippen LogP contribution in [0.2, 0.25) is 0 Å². The largest absolute Gasteiger partial charge is 0.492 e. The summed E-state index contributed by atoms with van der Waals surface area (Å²) in [5, 5.41) is 3.22. The standard InChI is InChI=1S/C24H29F3NO3Si/c1-23(2,3)18-12-14-21(15-13-18)32(20-10-5-4-6-11-20)31-19-9-7-8-16-28(17-19)30-22(29)24(25,26)27/h4-6,10-15,19H,7-9,16-17H2,1-3H3/t19-/m0/s1. The van der Waals surface area contributed by atoms with Crippen LogP contribution in [0, 0.1) is 0 Å². The molecule has 2 aromatic rings. The van der Waals surface area contributed by atoms with E-state index in [1.54, 1.807) is 0 Å². The Morgan fingerprint density at radius 2 is 1.59 bits per heavy atom. The lowest BCUT2D eigenvalue weighted by molar-refractivity contribution is -0.240. The summed E-state index contributed by atoms with van der Waals surface area (Å²) in [4.78, 5) is 15.9. The zero-order chi connectivity index (χ0) is 23.4. The highest BCUT2D eigenvalue weighted by molar-refractivity contribution is 6.80. The van der Waals surface area contributed by atoms with Crippen molar-refractivity contribution in [3.8, 4) is 0 Å². The Labute approximate surface area is 189 Å². The van der Waals surface area contributed by atoms with Crippen molar-refractivity contribution in [2.45, 2.75) is 57.7 Å². The average molecular weight is 465 g/mol. The van der Waals surface area contributed by atoms with Crippen LogP contribution in [-0.2, 0) is 19.5 Å². The summed E-state index contributed by atoms with van der Waals surface area (Å²) in [5.74, 6) is -2.19. The molecular formula is C24H29F3NO3Si. The molecule has 1 aliphatic rings. The van der Waals surface area contributed by atoms with E-state index in [1.807, 2.05) is 30.3 Å². The molecule has 1 saturated heterocycles. The first-order valence-electron chi connectivity index (χ1n) is 10.8. The Morgan fingerprint density at radius 3 is 2.19 bits per heavy atom. The number of hydrogen-bond acceptors (Lipinski definition) is 4. The molecule has 1 fully saturated rings. The molecule has 0 bridgehead atoms. The number of benzene rings is 2. The highest BCUT2D eigenvalue weighted by atomic mass is 28.3. The van der Waals surface area contributed by atoms with Crippen LogP contribution in [0.15, 0.2) is 54.6 Å². The first-order valence-corrected chi connectivity index (χ1v) is 12.2. The van der Waals surface area contributed by atoms with E-state index in [0.29, 0.717) is 12.8 Å². The van der Waals surface area contributed by atoms with Gasteiger partial charge in [-0.3, -0.25) is 0 Å². The summed E-state index contributed by atoms with van der Waals surface area (Å²) >= 11 is 0. The lowest BCUT2D eigenvalue weighted by Crippen LogP contribution is -2.49. The third-order valence-corrected chi connectivity index (χ3v) is 7.65. The van der Waals surface area contributed by atoms with Crippen molar-refractivity contribution in [2.24, 2.45) is 0 Å². The van der Waals surface area contributed by atoms with E-state index in [9.17, 15) is 18.0 Å². The second-order valence-electron chi connectivity index (χ2n) is 9.02. The van der Waals surface area contributed by atoms with Gasteiger partial charge in [0.2, 0.25) is 0 Å². The minimum Gasteiger partial charge on any atom is -0.403 e. The van der Waals surface area contributed by atoms with Crippen LogP contribution >= 0.6 is 0 Å². The fraction of sp³-hybridized carbons (Fsp3) is 0.458. The number of hydrogen-bond donors (Lipinski definition) is 0. The van der Waals surface area contributed by atoms with Crippen LogP contribution in [-0.4, -0.2) is 45.4 Å². The van der Waals surface area contributed by atoms with Gasteiger partial charge in [0.15, 0.2) is 0 Å². The van der Waals surface area contributed by atoms with Crippen molar-refractivity contribution >= 4 is 25.4 Å². The van der Waals surface area contributed by atoms with Gasteiger partial charge in [-0.05, 0) is 40.6 Å². The molecule has 1 heterocycles. The lowest BCUT2D eigenvalue weighted by Gasteiger charge is -2.27. The van der Waals surface area contributed by atoms with Gasteiger partial charge in [-0.15, -0.1) is 5.06 Å². The molecule has 1 atom stereocenters. The van der Waals surface area contributed by atoms with Gasteiger partial charge in [0, 0.05) is 6.54 Å². The predicted molar refractivity (Wildman–Crippen MR) is 119 cm³/mol. The number of rotatable bonds is 5. The molecule has 0 saturated carbocycles. The minimum absolute atomic E-state index is 0.0309. The maximum Gasteiger partial charge on any atom is 0.492 e. The van der Waals surface area contributed by atoms with Gasteiger partial charge in [0.25, 0.3) is 9.04 Å². The SMILES string of the molecule is CC(C)(C)c1ccc([Si](O[C@H]2CCCCN(OC(=O)C(F)(F)F)C2)c2ccccc2)cc1. The van der Waals surface area contributed by atoms with E-state index in [-0.39, 0.29) is 24.6 Å². The smallest absolute Gasteiger partial charge is 0.403 e. The van der Waals surface area contributed by atoms with Gasteiger partial charge in [0.05, 0.1) is 12.6 Å². The highest BCUT2D eigenvalue weighted by Crippen LogP contribution is 2.22. The summed E-state index contributed by atoms with van der Waals surface area (Å²) in [6.07, 6.45) is -3.23. The van der Waals surface area contributed by atoms with E-state index in [2.05, 4.69) is 49.9 Å². The number of alkyl halides is 3. The normalized spacial score (nSPS) is 18.4. The summed E-state index contributed by atoms with van der Waals surface area (Å²) in [7, 11) is -1.64. The Kier molecular flexibility index (Phi) is 7.79. The summed E-state index contributed by atoms with van der Waals surface area (Å²) in [5.41, 5.74) is 1.25. The molecule has 3 rings (SSSR count). The fourth-order valence-corrected chi connectivity index (χ4v) is 5.69. The second-order valence-corrected chi connectivity index (χ2v) is 11.1. The second kappa shape index (κ2) is 10.2. The number of halogens is 3. The molecule has 2 aromatic carbocycles. The van der Waals surface area contributed by atoms with Crippen molar-refractivity contribution in [2.75, 3.05) is 13.1 Å². The van der Waals surface area contributed by atoms with Crippen LogP contribution in [0.5, 0.6) is 0 Å². The Morgan fingerprint density at radius 1 is 0.969 bits per heavy atom. The Bertz CT molecular complexity index is 882. The maximum atomic E-state index is 12.6. The van der Waals surface area contributed by atoms with Crippen LogP contribution in [0.3, 0.4) is 0 Å². The number of carbonyl (C=O) groups excluding carboxylic acids is 1. The quantitative estimate of drug-likeness (QED) is 0.628.